The number of para-hydroxylation sites is 1. The summed E-state index contributed by atoms with van der Waals surface area (Å²) in [5.74, 6) is 1.10. The van der Waals surface area contributed by atoms with E-state index in [4.69, 9.17) is 4.74 Å². The molecule has 1 aliphatic rings. The molecule has 2 heterocycles. The molecule has 2 aromatic rings. The minimum Gasteiger partial charge on any atom is -0.493 e. The Morgan fingerprint density at radius 3 is 3.00 bits per heavy atom. The van der Waals surface area contributed by atoms with Gasteiger partial charge in [0, 0.05) is 0 Å². The van der Waals surface area contributed by atoms with Crippen molar-refractivity contribution in [2.75, 3.05) is 13.7 Å². The fraction of sp³-hybridized carbons (Fsp3) is 0.385. The minimum absolute atomic E-state index is 0.185. The van der Waals surface area contributed by atoms with Gasteiger partial charge in [0.2, 0.25) is 0 Å². The molecule has 0 bridgehead atoms. The lowest BCUT2D eigenvalue weighted by molar-refractivity contribution is 0.388. The number of nitrogens with zero attached hydrogens (tertiary/aromatic N) is 2. The van der Waals surface area contributed by atoms with Crippen LogP contribution in [0, 0.1) is 5.82 Å². The lowest BCUT2D eigenvalue weighted by atomic mass is 10.2. The second-order valence-electron chi connectivity index (χ2n) is 4.53. The molecule has 6 heteroatoms. The molecule has 1 fully saturated rings. The number of ether oxygens (including phenoxy) is 1. The van der Waals surface area contributed by atoms with Gasteiger partial charge >= 0.3 is 0 Å². The summed E-state index contributed by atoms with van der Waals surface area (Å²) in [6.07, 6.45) is 2.17. The van der Waals surface area contributed by atoms with Crippen molar-refractivity contribution in [3.05, 3.63) is 29.8 Å². The molecule has 1 aromatic heterocycles. The molecule has 19 heavy (non-hydrogen) atoms. The highest BCUT2D eigenvalue weighted by atomic mass is 19.1. The molecule has 2 N–H and O–H groups in total. The Balaban J connectivity index is 1.96. The zero-order valence-corrected chi connectivity index (χ0v) is 10.6. The largest absolute Gasteiger partial charge is 0.493 e. The molecule has 1 saturated heterocycles. The summed E-state index contributed by atoms with van der Waals surface area (Å²) in [4.78, 5) is 3.14. The fourth-order valence-corrected chi connectivity index (χ4v) is 2.37. The average molecular weight is 262 g/mol. The molecule has 5 nitrogen and oxygen atoms in total. The number of halogens is 1. The molecule has 0 spiro atoms. The summed E-state index contributed by atoms with van der Waals surface area (Å²) in [6, 6.07) is 4.95. The van der Waals surface area contributed by atoms with E-state index in [0.717, 1.165) is 25.2 Å². The molecular weight excluding hydrogens is 247 g/mol. The molecule has 1 unspecified atom stereocenters. The smallest absolute Gasteiger partial charge is 0.165 e. The van der Waals surface area contributed by atoms with E-state index in [-0.39, 0.29) is 11.8 Å². The number of aromatic amines is 1. The minimum atomic E-state index is -0.406. The normalized spacial score (nSPS) is 18.7. The maximum Gasteiger partial charge on any atom is 0.165 e. The lowest BCUT2D eigenvalue weighted by Crippen LogP contribution is -2.14. The number of H-pyrrole nitrogens is 1. The zero-order chi connectivity index (χ0) is 13.2. The number of hydrogen-bond acceptors (Lipinski definition) is 4. The van der Waals surface area contributed by atoms with Crippen LogP contribution in [0.5, 0.6) is 5.75 Å². The van der Waals surface area contributed by atoms with Crippen LogP contribution >= 0.6 is 0 Å². The highest BCUT2D eigenvalue weighted by Crippen LogP contribution is 2.30. The zero-order valence-electron chi connectivity index (χ0n) is 10.6. The van der Waals surface area contributed by atoms with Gasteiger partial charge in [0.15, 0.2) is 17.4 Å². The standard InChI is InChI=1S/C13H15FN4O/c1-19-11-8(4-2-5-9(11)14)12-16-13(18-17-12)10-6-3-7-15-10/h2,4-5,10,15H,3,6-7H2,1H3,(H,16,17,18). The number of methoxy groups -OCH3 is 1. The third-order valence-electron chi connectivity index (χ3n) is 3.32. The van der Waals surface area contributed by atoms with Crippen LogP contribution in [0.2, 0.25) is 0 Å². The number of aromatic nitrogens is 3. The highest BCUT2D eigenvalue weighted by Gasteiger charge is 2.21. The SMILES string of the molecule is COc1c(F)cccc1-c1nnc(C2CCCN2)[nH]1. The number of benzene rings is 1. The van der Waals surface area contributed by atoms with E-state index in [1.54, 1.807) is 12.1 Å². The molecule has 0 saturated carbocycles. The summed E-state index contributed by atoms with van der Waals surface area (Å²) >= 11 is 0. The molecule has 100 valence electrons. The summed E-state index contributed by atoms with van der Waals surface area (Å²) in [5, 5.41) is 11.6. The van der Waals surface area contributed by atoms with Gasteiger partial charge < -0.3 is 15.0 Å². The first-order valence-electron chi connectivity index (χ1n) is 6.28. The molecule has 3 rings (SSSR count). The van der Waals surface area contributed by atoms with Gasteiger partial charge in [0.05, 0.1) is 18.7 Å². The Bertz CT molecular complexity index is 578. The first kappa shape index (κ1) is 12.1. The van der Waals surface area contributed by atoms with Crippen LogP contribution in [0.15, 0.2) is 18.2 Å². The van der Waals surface area contributed by atoms with Gasteiger partial charge in [-0.2, -0.15) is 0 Å². The van der Waals surface area contributed by atoms with Crippen molar-refractivity contribution in [2.45, 2.75) is 18.9 Å². The Morgan fingerprint density at radius 2 is 2.26 bits per heavy atom. The summed E-state index contributed by atoms with van der Waals surface area (Å²) in [6.45, 7) is 0.990. The molecule has 1 aromatic carbocycles. The predicted octanol–water partition coefficient (Wildman–Crippen LogP) is 2.04. The maximum atomic E-state index is 13.6. The predicted molar refractivity (Wildman–Crippen MR) is 68.3 cm³/mol. The van der Waals surface area contributed by atoms with Crippen LogP contribution in [0.1, 0.15) is 24.7 Å². The third-order valence-corrected chi connectivity index (χ3v) is 3.32. The summed E-state index contributed by atoms with van der Waals surface area (Å²) < 4.78 is 18.7. The van der Waals surface area contributed by atoms with Crippen LogP contribution in [0.4, 0.5) is 4.39 Å². The van der Waals surface area contributed by atoms with E-state index in [9.17, 15) is 4.39 Å². The van der Waals surface area contributed by atoms with E-state index >= 15 is 0 Å². The van der Waals surface area contributed by atoms with Crippen molar-refractivity contribution in [3.63, 3.8) is 0 Å². The quantitative estimate of drug-likeness (QED) is 0.888. The Labute approximate surface area is 110 Å². The first-order valence-corrected chi connectivity index (χ1v) is 6.28. The Morgan fingerprint density at radius 1 is 1.37 bits per heavy atom. The van der Waals surface area contributed by atoms with Crippen LogP contribution in [0.3, 0.4) is 0 Å². The monoisotopic (exact) mass is 262 g/mol. The maximum absolute atomic E-state index is 13.6. The lowest BCUT2D eigenvalue weighted by Gasteiger charge is -2.07. The van der Waals surface area contributed by atoms with Gasteiger partial charge in [-0.1, -0.05) is 6.07 Å². The number of nitrogens with one attached hydrogen (secondary N) is 2. The van der Waals surface area contributed by atoms with Crippen molar-refractivity contribution >= 4 is 0 Å². The van der Waals surface area contributed by atoms with Crippen LogP contribution in [-0.2, 0) is 0 Å². The fourth-order valence-electron chi connectivity index (χ4n) is 2.37. The summed E-state index contributed by atoms with van der Waals surface area (Å²) in [5.41, 5.74) is 0.583. The van der Waals surface area contributed by atoms with E-state index < -0.39 is 5.82 Å². The molecule has 0 amide bonds. The van der Waals surface area contributed by atoms with E-state index in [2.05, 4.69) is 20.5 Å². The van der Waals surface area contributed by atoms with Crippen molar-refractivity contribution < 1.29 is 9.13 Å². The highest BCUT2D eigenvalue weighted by molar-refractivity contribution is 5.64. The molecule has 0 aliphatic carbocycles. The van der Waals surface area contributed by atoms with Crippen molar-refractivity contribution in [1.29, 1.82) is 0 Å². The van der Waals surface area contributed by atoms with Gasteiger partial charge in [0.1, 0.15) is 5.82 Å². The van der Waals surface area contributed by atoms with Gasteiger partial charge in [-0.25, -0.2) is 4.39 Å². The van der Waals surface area contributed by atoms with Gasteiger partial charge in [-0.15, -0.1) is 10.2 Å². The van der Waals surface area contributed by atoms with E-state index in [0.29, 0.717) is 11.4 Å². The Hall–Kier alpha value is -1.95. The molecule has 1 atom stereocenters. The summed E-state index contributed by atoms with van der Waals surface area (Å²) in [7, 11) is 1.44. The van der Waals surface area contributed by atoms with Crippen LogP contribution < -0.4 is 10.1 Å². The third kappa shape index (κ3) is 2.19. The van der Waals surface area contributed by atoms with Gasteiger partial charge in [-0.3, -0.25) is 0 Å². The molecule has 0 radical (unpaired) electrons. The van der Waals surface area contributed by atoms with Gasteiger partial charge in [0.25, 0.3) is 0 Å². The second-order valence-corrected chi connectivity index (χ2v) is 4.53. The molecular formula is C13H15FN4O. The number of rotatable bonds is 3. The second kappa shape index (κ2) is 4.97. The van der Waals surface area contributed by atoms with E-state index in [1.165, 1.54) is 13.2 Å². The van der Waals surface area contributed by atoms with E-state index in [1.807, 2.05) is 0 Å². The Kier molecular flexibility index (Phi) is 3.16. The average Bonchev–Trinajstić information content (AvgIpc) is 3.09. The first-order chi connectivity index (χ1) is 9.29. The number of hydrogen-bond donors (Lipinski definition) is 2. The van der Waals surface area contributed by atoms with Crippen molar-refractivity contribution in [3.8, 4) is 17.1 Å². The van der Waals surface area contributed by atoms with Crippen LogP contribution in [-0.4, -0.2) is 28.8 Å². The van der Waals surface area contributed by atoms with Crippen LogP contribution in [0.25, 0.3) is 11.4 Å². The topological polar surface area (TPSA) is 62.8 Å². The molecule has 1 aliphatic heterocycles. The van der Waals surface area contributed by atoms with Crippen molar-refractivity contribution in [2.24, 2.45) is 0 Å². The van der Waals surface area contributed by atoms with Gasteiger partial charge in [-0.05, 0) is 31.5 Å². The van der Waals surface area contributed by atoms with Crippen molar-refractivity contribution in [1.82, 2.24) is 20.5 Å².